The molecule has 1 rings (SSSR count). The lowest BCUT2D eigenvalue weighted by molar-refractivity contribution is -0.142. The molecule has 0 saturated carbocycles. The first-order valence-electron chi connectivity index (χ1n) is 5.28. The van der Waals surface area contributed by atoms with Crippen molar-refractivity contribution in [2.24, 2.45) is 11.7 Å². The highest BCUT2D eigenvalue weighted by molar-refractivity contribution is 5.77. The minimum atomic E-state index is -1.02. The van der Waals surface area contributed by atoms with Gasteiger partial charge in [-0.2, -0.15) is 0 Å². The van der Waals surface area contributed by atoms with E-state index in [4.69, 9.17) is 15.6 Å². The lowest BCUT2D eigenvalue weighted by Crippen LogP contribution is -2.47. The van der Waals surface area contributed by atoms with Gasteiger partial charge >= 0.3 is 18.1 Å². The summed E-state index contributed by atoms with van der Waals surface area (Å²) in [7, 11) is 0. The van der Waals surface area contributed by atoms with E-state index in [1.807, 2.05) is 0 Å². The number of hydrogen-bond acceptors (Lipinski definition) is 5. The summed E-state index contributed by atoms with van der Waals surface area (Å²) >= 11 is 0. The lowest BCUT2D eigenvalue weighted by atomic mass is 10.0. The summed E-state index contributed by atoms with van der Waals surface area (Å²) in [5.41, 5.74) is 4.72. The van der Waals surface area contributed by atoms with Gasteiger partial charge in [0.2, 0.25) is 0 Å². The molecule has 9 heteroatoms. The predicted octanol–water partition coefficient (Wildman–Crippen LogP) is -1.52. The smallest absolute Gasteiger partial charge is 0.404 e. The van der Waals surface area contributed by atoms with Crippen LogP contribution in [-0.4, -0.2) is 55.6 Å². The fraction of sp³-hybridized carbons (Fsp3) is 0.667. The van der Waals surface area contributed by atoms with Crippen molar-refractivity contribution in [3.63, 3.8) is 0 Å². The van der Waals surface area contributed by atoms with Crippen LogP contribution in [0, 0.1) is 5.92 Å². The van der Waals surface area contributed by atoms with Gasteiger partial charge in [0.15, 0.2) is 0 Å². The Morgan fingerprint density at radius 3 is 2.72 bits per heavy atom. The summed E-state index contributed by atoms with van der Waals surface area (Å²) in [6, 6.07) is -1.12. The van der Waals surface area contributed by atoms with Crippen molar-refractivity contribution in [3.8, 4) is 0 Å². The van der Waals surface area contributed by atoms with Crippen molar-refractivity contribution in [1.82, 2.24) is 10.6 Å². The summed E-state index contributed by atoms with van der Waals surface area (Å²) < 4.78 is 9.38. The van der Waals surface area contributed by atoms with Crippen molar-refractivity contribution in [3.05, 3.63) is 0 Å². The van der Waals surface area contributed by atoms with Crippen LogP contribution in [0.5, 0.6) is 0 Å². The fourth-order valence-electron chi connectivity index (χ4n) is 1.48. The molecule has 2 unspecified atom stereocenters. The van der Waals surface area contributed by atoms with E-state index in [0.717, 1.165) is 0 Å². The van der Waals surface area contributed by atoms with Gasteiger partial charge in [-0.05, 0) is 0 Å². The maximum absolute atomic E-state index is 11.4. The zero-order chi connectivity index (χ0) is 13.5. The number of nitrogens with two attached hydrogens (primary N) is 1. The molecule has 1 aliphatic heterocycles. The van der Waals surface area contributed by atoms with Crippen LogP contribution in [0.1, 0.15) is 0 Å². The van der Waals surface area contributed by atoms with Crippen LogP contribution in [0.2, 0.25) is 0 Å². The van der Waals surface area contributed by atoms with Gasteiger partial charge in [-0.25, -0.2) is 9.59 Å². The van der Waals surface area contributed by atoms with E-state index in [2.05, 4.69) is 15.4 Å². The topological polar surface area (TPSA) is 140 Å². The van der Waals surface area contributed by atoms with Gasteiger partial charge in [0.25, 0.3) is 0 Å². The quantitative estimate of drug-likeness (QED) is 0.443. The molecule has 1 aliphatic rings. The molecule has 1 fully saturated rings. The molecule has 1 heterocycles. The minimum absolute atomic E-state index is 0.0493. The zero-order valence-electron chi connectivity index (χ0n) is 9.55. The number of primary amides is 1. The Balaban J connectivity index is 2.23. The fourth-order valence-corrected chi connectivity index (χ4v) is 1.48. The molecular weight excluding hydrogens is 246 g/mol. The Kier molecular flexibility index (Phi) is 5.18. The SMILES string of the molecule is NC(=O)OCCNC(=O)NC1COCC1C(=O)O. The molecule has 5 N–H and O–H groups in total. The highest BCUT2D eigenvalue weighted by Crippen LogP contribution is 2.13. The number of carboxylic acid groups (broad SMARTS) is 1. The maximum Gasteiger partial charge on any atom is 0.404 e. The second kappa shape index (κ2) is 6.64. The molecular formula is C9H15N3O6. The maximum atomic E-state index is 11.4. The Labute approximate surface area is 103 Å². The molecule has 3 amide bonds. The van der Waals surface area contributed by atoms with Crippen molar-refractivity contribution in [2.45, 2.75) is 6.04 Å². The summed E-state index contributed by atoms with van der Waals surface area (Å²) in [4.78, 5) is 32.4. The second-order valence-corrected chi connectivity index (χ2v) is 3.66. The largest absolute Gasteiger partial charge is 0.481 e. The molecule has 102 valence electrons. The predicted molar refractivity (Wildman–Crippen MR) is 57.8 cm³/mol. The van der Waals surface area contributed by atoms with E-state index in [1.54, 1.807) is 0 Å². The highest BCUT2D eigenvalue weighted by atomic mass is 16.5. The zero-order valence-corrected chi connectivity index (χ0v) is 9.55. The molecule has 0 aromatic carbocycles. The van der Waals surface area contributed by atoms with Crippen molar-refractivity contribution in [2.75, 3.05) is 26.4 Å². The number of carboxylic acids is 1. The van der Waals surface area contributed by atoms with Crippen LogP contribution >= 0.6 is 0 Å². The van der Waals surface area contributed by atoms with Gasteiger partial charge in [0, 0.05) is 0 Å². The van der Waals surface area contributed by atoms with E-state index >= 15 is 0 Å². The van der Waals surface area contributed by atoms with Gasteiger partial charge in [-0.3, -0.25) is 4.79 Å². The van der Waals surface area contributed by atoms with Crippen LogP contribution in [0.25, 0.3) is 0 Å². The minimum Gasteiger partial charge on any atom is -0.481 e. The molecule has 1 saturated heterocycles. The van der Waals surface area contributed by atoms with Crippen LogP contribution < -0.4 is 16.4 Å². The first kappa shape index (κ1) is 14.0. The Hall–Kier alpha value is -2.03. The molecule has 0 radical (unpaired) electrons. The monoisotopic (exact) mass is 261 g/mol. The normalized spacial score (nSPS) is 22.2. The number of carbonyl (C=O) groups excluding carboxylic acids is 2. The molecule has 2 atom stereocenters. The number of urea groups is 1. The van der Waals surface area contributed by atoms with Gasteiger partial charge in [-0.1, -0.05) is 0 Å². The third kappa shape index (κ3) is 4.45. The van der Waals surface area contributed by atoms with Crippen LogP contribution in [0.3, 0.4) is 0 Å². The molecule has 0 aromatic rings. The standard InChI is InChI=1S/C9H15N3O6/c10-8(15)18-2-1-11-9(16)12-6-4-17-3-5(6)7(13)14/h5-6H,1-4H2,(H2,10,15)(H,13,14)(H2,11,12,16). The average molecular weight is 261 g/mol. The van der Waals surface area contributed by atoms with Crippen LogP contribution in [0.15, 0.2) is 0 Å². The third-order valence-electron chi connectivity index (χ3n) is 2.35. The molecule has 0 bridgehead atoms. The van der Waals surface area contributed by atoms with Gasteiger partial charge in [0.1, 0.15) is 12.5 Å². The molecule has 0 aromatic heterocycles. The second-order valence-electron chi connectivity index (χ2n) is 3.66. The molecule has 9 nitrogen and oxygen atoms in total. The van der Waals surface area contributed by atoms with E-state index in [0.29, 0.717) is 0 Å². The Morgan fingerprint density at radius 1 is 1.39 bits per heavy atom. The van der Waals surface area contributed by atoms with Crippen LogP contribution in [-0.2, 0) is 14.3 Å². The molecule has 0 aliphatic carbocycles. The number of hydrogen-bond donors (Lipinski definition) is 4. The number of ether oxygens (including phenoxy) is 2. The van der Waals surface area contributed by atoms with Crippen molar-refractivity contribution >= 4 is 18.1 Å². The molecule has 0 spiro atoms. The van der Waals surface area contributed by atoms with Gasteiger partial charge in [0.05, 0.1) is 25.8 Å². The van der Waals surface area contributed by atoms with E-state index in [9.17, 15) is 14.4 Å². The van der Waals surface area contributed by atoms with E-state index in [-0.39, 0.29) is 26.4 Å². The first-order chi connectivity index (χ1) is 8.50. The summed E-state index contributed by atoms with van der Waals surface area (Å²) in [6.45, 7) is 0.263. The lowest BCUT2D eigenvalue weighted by Gasteiger charge is -2.16. The summed E-state index contributed by atoms with van der Waals surface area (Å²) in [5.74, 6) is -1.77. The average Bonchev–Trinajstić information content (AvgIpc) is 2.72. The highest BCUT2D eigenvalue weighted by Gasteiger charge is 2.34. The van der Waals surface area contributed by atoms with Crippen molar-refractivity contribution in [1.29, 1.82) is 0 Å². The summed E-state index contributed by atoms with van der Waals surface area (Å²) in [6.07, 6.45) is -0.924. The van der Waals surface area contributed by atoms with Crippen molar-refractivity contribution < 1.29 is 29.0 Å². The molecule has 18 heavy (non-hydrogen) atoms. The number of aliphatic carboxylic acids is 1. The summed E-state index contributed by atoms with van der Waals surface area (Å²) in [5, 5.41) is 13.7. The number of amides is 3. The number of carbonyl (C=O) groups is 3. The third-order valence-corrected chi connectivity index (χ3v) is 2.35. The number of nitrogens with one attached hydrogen (secondary N) is 2. The Morgan fingerprint density at radius 2 is 2.11 bits per heavy atom. The van der Waals surface area contributed by atoms with Gasteiger partial charge < -0.3 is 30.9 Å². The Bertz CT molecular complexity index is 334. The first-order valence-corrected chi connectivity index (χ1v) is 5.28. The van der Waals surface area contributed by atoms with Gasteiger partial charge in [-0.15, -0.1) is 0 Å². The number of rotatable bonds is 5. The van der Waals surface area contributed by atoms with Crippen LogP contribution in [0.4, 0.5) is 9.59 Å². The van der Waals surface area contributed by atoms with E-state index in [1.165, 1.54) is 0 Å². The van der Waals surface area contributed by atoms with E-state index < -0.39 is 30.1 Å².